The fraction of sp³-hybridized carbons (Fsp3) is 0.625. The third-order valence-corrected chi connectivity index (χ3v) is 4.46. The number of nitrogens with one attached hydrogen (secondary N) is 1. The van der Waals surface area contributed by atoms with E-state index in [2.05, 4.69) is 44.3 Å². The molecule has 0 bridgehead atoms. The Bertz CT molecular complexity index is 442. The third kappa shape index (κ3) is 4.95. The van der Waals surface area contributed by atoms with Crippen molar-refractivity contribution in [3.8, 4) is 0 Å². The van der Waals surface area contributed by atoms with E-state index in [1.54, 1.807) is 7.11 Å². The van der Waals surface area contributed by atoms with Gasteiger partial charge in [0.15, 0.2) is 0 Å². The summed E-state index contributed by atoms with van der Waals surface area (Å²) in [6.45, 7) is 4.71. The van der Waals surface area contributed by atoms with Gasteiger partial charge in [0.25, 0.3) is 0 Å². The Morgan fingerprint density at radius 2 is 2.33 bits per heavy atom. The van der Waals surface area contributed by atoms with Gasteiger partial charge in [0.2, 0.25) is 0 Å². The van der Waals surface area contributed by atoms with Crippen molar-refractivity contribution in [1.82, 2.24) is 5.32 Å². The van der Waals surface area contributed by atoms with Crippen LogP contribution < -0.4 is 10.2 Å². The Labute approximate surface area is 135 Å². The van der Waals surface area contributed by atoms with Crippen LogP contribution in [0.15, 0.2) is 22.7 Å². The average molecular weight is 357 g/mol. The molecule has 0 saturated carbocycles. The molecule has 1 unspecified atom stereocenters. The lowest BCUT2D eigenvalue weighted by Gasteiger charge is -2.35. The van der Waals surface area contributed by atoms with Gasteiger partial charge in [0.05, 0.1) is 6.61 Å². The van der Waals surface area contributed by atoms with Gasteiger partial charge < -0.3 is 20.1 Å². The molecule has 2 rings (SSSR count). The molecule has 2 N–H and O–H groups in total. The van der Waals surface area contributed by atoms with Crippen molar-refractivity contribution in [3.63, 3.8) is 0 Å². The molecule has 1 aromatic rings. The van der Waals surface area contributed by atoms with Crippen LogP contribution in [0.4, 0.5) is 5.69 Å². The lowest BCUT2D eigenvalue weighted by Crippen LogP contribution is -2.37. The summed E-state index contributed by atoms with van der Waals surface area (Å²) in [4.78, 5) is 2.41. The smallest absolute Gasteiger partial charge is 0.0587 e. The highest BCUT2D eigenvalue weighted by atomic mass is 79.9. The predicted octanol–water partition coefficient (Wildman–Crippen LogP) is 2.39. The van der Waals surface area contributed by atoms with Gasteiger partial charge in [-0.3, -0.25) is 0 Å². The molecule has 1 atom stereocenters. The fourth-order valence-electron chi connectivity index (χ4n) is 2.81. The normalized spacial score (nSPS) is 19.0. The topological polar surface area (TPSA) is 44.7 Å². The number of anilines is 1. The van der Waals surface area contributed by atoms with Crippen molar-refractivity contribution < 1.29 is 9.84 Å². The van der Waals surface area contributed by atoms with Crippen LogP contribution in [0.1, 0.15) is 18.4 Å². The lowest BCUT2D eigenvalue weighted by atomic mass is 9.97. The van der Waals surface area contributed by atoms with Gasteiger partial charge in [-0.2, -0.15) is 0 Å². The van der Waals surface area contributed by atoms with E-state index in [1.807, 2.05) is 0 Å². The van der Waals surface area contributed by atoms with Gasteiger partial charge in [0, 0.05) is 50.1 Å². The van der Waals surface area contributed by atoms with E-state index in [-0.39, 0.29) is 6.61 Å². The molecule has 118 valence electrons. The van der Waals surface area contributed by atoms with E-state index < -0.39 is 0 Å². The number of methoxy groups -OCH3 is 1. The van der Waals surface area contributed by atoms with Crippen molar-refractivity contribution in [3.05, 3.63) is 28.2 Å². The summed E-state index contributed by atoms with van der Waals surface area (Å²) in [5.41, 5.74) is 2.57. The van der Waals surface area contributed by atoms with Gasteiger partial charge in [0.1, 0.15) is 0 Å². The van der Waals surface area contributed by atoms with E-state index in [4.69, 9.17) is 4.74 Å². The molecule has 0 spiro atoms. The SMILES string of the molecule is COCCNCc1ccc(Br)cc1N1CCCC(CO)C1. The predicted molar refractivity (Wildman–Crippen MR) is 89.7 cm³/mol. The van der Waals surface area contributed by atoms with Crippen molar-refractivity contribution in [2.45, 2.75) is 19.4 Å². The molecule has 1 fully saturated rings. The van der Waals surface area contributed by atoms with Crippen molar-refractivity contribution in [2.75, 3.05) is 44.9 Å². The molecular formula is C16H25BrN2O2. The molecule has 1 saturated heterocycles. The van der Waals surface area contributed by atoms with Crippen LogP contribution in [0.2, 0.25) is 0 Å². The van der Waals surface area contributed by atoms with Crippen molar-refractivity contribution in [1.29, 1.82) is 0 Å². The molecule has 21 heavy (non-hydrogen) atoms. The van der Waals surface area contributed by atoms with Crippen LogP contribution >= 0.6 is 15.9 Å². The second-order valence-electron chi connectivity index (χ2n) is 5.58. The number of ether oxygens (including phenoxy) is 1. The first-order chi connectivity index (χ1) is 10.2. The Morgan fingerprint density at radius 3 is 3.10 bits per heavy atom. The summed E-state index contributed by atoms with van der Waals surface area (Å²) in [7, 11) is 1.72. The lowest BCUT2D eigenvalue weighted by molar-refractivity contribution is 0.199. The molecule has 1 aliphatic heterocycles. The first kappa shape index (κ1) is 16.7. The van der Waals surface area contributed by atoms with Gasteiger partial charge >= 0.3 is 0 Å². The molecule has 0 radical (unpaired) electrons. The highest BCUT2D eigenvalue weighted by Gasteiger charge is 2.21. The van der Waals surface area contributed by atoms with Gasteiger partial charge in [-0.15, -0.1) is 0 Å². The largest absolute Gasteiger partial charge is 0.396 e. The Kier molecular flexibility index (Phi) is 6.96. The maximum Gasteiger partial charge on any atom is 0.0587 e. The van der Waals surface area contributed by atoms with E-state index in [9.17, 15) is 5.11 Å². The summed E-state index contributed by atoms with van der Waals surface area (Å²) in [5.74, 6) is 0.395. The van der Waals surface area contributed by atoms with Crippen LogP contribution in [0.5, 0.6) is 0 Å². The second kappa shape index (κ2) is 8.73. The van der Waals surface area contributed by atoms with E-state index >= 15 is 0 Å². The molecule has 0 aromatic heterocycles. The Hall–Kier alpha value is -0.620. The number of nitrogens with zero attached hydrogens (tertiary/aromatic N) is 1. The first-order valence-corrected chi connectivity index (χ1v) is 8.37. The van der Waals surface area contributed by atoms with E-state index in [0.29, 0.717) is 5.92 Å². The zero-order valence-electron chi connectivity index (χ0n) is 12.6. The minimum absolute atomic E-state index is 0.284. The number of rotatable bonds is 7. The minimum atomic E-state index is 0.284. The molecular weight excluding hydrogens is 332 g/mol. The third-order valence-electron chi connectivity index (χ3n) is 3.96. The fourth-order valence-corrected chi connectivity index (χ4v) is 3.16. The second-order valence-corrected chi connectivity index (χ2v) is 6.50. The number of aliphatic hydroxyl groups is 1. The standard InChI is InChI=1S/C16H25BrN2O2/c1-21-8-6-18-10-14-4-5-15(17)9-16(14)19-7-2-3-13(11-19)12-20/h4-5,9,13,18,20H,2-3,6-8,10-12H2,1H3. The minimum Gasteiger partial charge on any atom is -0.396 e. The zero-order chi connectivity index (χ0) is 15.1. The van der Waals surface area contributed by atoms with Crippen LogP contribution in [0.25, 0.3) is 0 Å². The van der Waals surface area contributed by atoms with Gasteiger partial charge in [-0.25, -0.2) is 0 Å². The number of benzene rings is 1. The van der Waals surface area contributed by atoms with Crippen molar-refractivity contribution in [2.24, 2.45) is 5.92 Å². The zero-order valence-corrected chi connectivity index (χ0v) is 14.2. The molecule has 0 amide bonds. The molecule has 1 aromatic carbocycles. The number of aliphatic hydroxyl groups excluding tert-OH is 1. The highest BCUT2D eigenvalue weighted by molar-refractivity contribution is 9.10. The molecule has 4 nitrogen and oxygen atoms in total. The maximum absolute atomic E-state index is 9.42. The maximum atomic E-state index is 9.42. The van der Waals surface area contributed by atoms with E-state index in [0.717, 1.165) is 50.1 Å². The number of piperidine rings is 1. The summed E-state index contributed by atoms with van der Waals surface area (Å²) in [6.07, 6.45) is 2.27. The highest BCUT2D eigenvalue weighted by Crippen LogP contribution is 2.29. The summed E-state index contributed by atoms with van der Waals surface area (Å²) in [5, 5.41) is 12.8. The summed E-state index contributed by atoms with van der Waals surface area (Å²) >= 11 is 3.57. The quantitative estimate of drug-likeness (QED) is 0.736. The molecule has 5 heteroatoms. The number of halogens is 1. The van der Waals surface area contributed by atoms with Crippen LogP contribution in [0, 0.1) is 5.92 Å². The molecule has 1 heterocycles. The number of hydrogen-bond donors (Lipinski definition) is 2. The molecule has 1 aliphatic rings. The first-order valence-electron chi connectivity index (χ1n) is 7.58. The monoisotopic (exact) mass is 356 g/mol. The number of hydrogen-bond acceptors (Lipinski definition) is 4. The molecule has 0 aliphatic carbocycles. The average Bonchev–Trinajstić information content (AvgIpc) is 2.52. The summed E-state index contributed by atoms with van der Waals surface area (Å²) < 4.78 is 6.17. The Morgan fingerprint density at radius 1 is 1.48 bits per heavy atom. The Balaban J connectivity index is 2.07. The summed E-state index contributed by atoms with van der Waals surface area (Å²) in [6, 6.07) is 6.44. The van der Waals surface area contributed by atoms with Gasteiger partial charge in [-0.1, -0.05) is 22.0 Å². The van der Waals surface area contributed by atoms with E-state index in [1.165, 1.54) is 11.3 Å². The van der Waals surface area contributed by atoms with Crippen LogP contribution in [-0.2, 0) is 11.3 Å². The van der Waals surface area contributed by atoms with Crippen LogP contribution in [-0.4, -0.2) is 45.1 Å². The van der Waals surface area contributed by atoms with Crippen molar-refractivity contribution >= 4 is 21.6 Å². The van der Waals surface area contributed by atoms with Gasteiger partial charge in [-0.05, 0) is 36.5 Å². The van der Waals surface area contributed by atoms with Crippen LogP contribution in [0.3, 0.4) is 0 Å².